The fourth-order valence-corrected chi connectivity index (χ4v) is 6.97. The molecule has 0 amide bonds. The van der Waals surface area contributed by atoms with E-state index in [1.165, 1.54) is 58.4 Å². The predicted octanol–water partition coefficient (Wildman–Crippen LogP) is 14.7. The van der Waals surface area contributed by atoms with Gasteiger partial charge in [0.05, 0.1) is 13.2 Å². The molecule has 2 saturated heterocycles. The highest BCUT2D eigenvalue weighted by molar-refractivity contribution is 5.51. The Morgan fingerprint density at radius 3 is 1.11 bits per heavy atom. The van der Waals surface area contributed by atoms with Crippen molar-refractivity contribution in [3.05, 3.63) is 166 Å². The van der Waals surface area contributed by atoms with Gasteiger partial charge in [-0.3, -0.25) is 0 Å². The van der Waals surface area contributed by atoms with Gasteiger partial charge >= 0.3 is 0 Å². The van der Waals surface area contributed by atoms with Crippen molar-refractivity contribution in [2.75, 3.05) is 62.3 Å². The zero-order valence-corrected chi connectivity index (χ0v) is 42.9. The van der Waals surface area contributed by atoms with E-state index in [2.05, 4.69) is 147 Å². The fraction of sp³-hybridized carbons (Fsp3) is 0.483. The zero-order chi connectivity index (χ0) is 49.5. The van der Waals surface area contributed by atoms with Crippen LogP contribution in [0.1, 0.15) is 132 Å². The largest absolute Gasteiger partial charge is 0.378 e. The minimum atomic E-state index is -0.514. The molecule has 0 unspecified atom stereocenters. The van der Waals surface area contributed by atoms with Gasteiger partial charge in [0.2, 0.25) is 0 Å². The van der Waals surface area contributed by atoms with Crippen LogP contribution in [0.2, 0.25) is 0 Å². The number of rotatable bonds is 2. The maximum atomic E-state index is 12.7. The van der Waals surface area contributed by atoms with Crippen LogP contribution >= 0.6 is 0 Å². The molecule has 8 heteroatoms. The zero-order valence-electron chi connectivity index (χ0n) is 42.9. The van der Waals surface area contributed by atoms with Crippen LogP contribution in [0, 0.1) is 23.3 Å². The molecule has 2 aliphatic rings. The first-order valence-electron chi connectivity index (χ1n) is 23.5. The van der Waals surface area contributed by atoms with E-state index >= 15 is 0 Å². The second-order valence-corrected chi connectivity index (χ2v) is 22.4. The van der Waals surface area contributed by atoms with Crippen molar-refractivity contribution >= 4 is 11.4 Å². The molecule has 0 spiro atoms. The number of morpholine rings is 1. The van der Waals surface area contributed by atoms with Gasteiger partial charge in [-0.05, 0) is 116 Å². The van der Waals surface area contributed by atoms with Gasteiger partial charge in [0.25, 0.3) is 0 Å². The Labute approximate surface area is 397 Å². The number of piperazine rings is 1. The maximum Gasteiger partial charge on any atom is 0.126 e. The maximum absolute atomic E-state index is 12.7. The topological polar surface area (TPSA) is 27.7 Å². The Bertz CT molecular complexity index is 2100. The minimum Gasteiger partial charge on any atom is -0.378 e. The Morgan fingerprint density at radius 2 is 0.727 bits per heavy atom. The lowest BCUT2D eigenvalue weighted by molar-refractivity contribution is 0.122. The first-order chi connectivity index (χ1) is 30.5. The standard InChI is InChI=1S/C14H22N2.C14H21NO.C10H12F2.2C10H13F/c1-14(2,3)12-5-4-6-13(11-12)16-9-7-15-8-10-16;1-14(2,3)12-5-4-6-13(11-12)15-7-9-16-10-8-15;1-10(2,3)7-4-8(11)6-9(12)5-7;1-10(2,3)8-4-6-9(11)7-5-8;1-10(2,3)8-5-4-6-9(11)7-8/h4-6,11,15H,7-10H2,1-3H3;4-6,11H,7-10H2,1-3H3;4-6H,1-3H3;2*4-7H,1-3H3. The van der Waals surface area contributed by atoms with Crippen molar-refractivity contribution in [3.8, 4) is 0 Å². The fourth-order valence-electron chi connectivity index (χ4n) is 6.97. The smallest absolute Gasteiger partial charge is 0.126 e. The van der Waals surface area contributed by atoms with Gasteiger partial charge < -0.3 is 19.9 Å². The van der Waals surface area contributed by atoms with E-state index in [0.717, 1.165) is 64.1 Å². The lowest BCUT2D eigenvalue weighted by Crippen LogP contribution is -2.43. The second kappa shape index (κ2) is 24.4. The van der Waals surface area contributed by atoms with Gasteiger partial charge in [-0.2, -0.15) is 0 Å². The molecular weight excluding hydrogens is 831 g/mol. The highest BCUT2D eigenvalue weighted by atomic mass is 19.1. The van der Waals surface area contributed by atoms with Gasteiger partial charge in [0.1, 0.15) is 23.3 Å². The van der Waals surface area contributed by atoms with Gasteiger partial charge in [-0.25, -0.2) is 17.6 Å². The third kappa shape index (κ3) is 19.7. The van der Waals surface area contributed by atoms with Crippen LogP contribution < -0.4 is 15.1 Å². The Kier molecular flexibility index (Phi) is 20.6. The highest BCUT2D eigenvalue weighted by Crippen LogP contribution is 2.29. The van der Waals surface area contributed by atoms with E-state index in [0.29, 0.717) is 5.56 Å². The van der Waals surface area contributed by atoms with Crippen molar-refractivity contribution in [1.29, 1.82) is 0 Å². The molecule has 2 fully saturated rings. The summed E-state index contributed by atoms with van der Waals surface area (Å²) >= 11 is 0. The lowest BCUT2D eigenvalue weighted by Gasteiger charge is -2.30. The number of ether oxygens (including phenoxy) is 1. The molecule has 0 atom stereocenters. The molecule has 1 N–H and O–H groups in total. The van der Waals surface area contributed by atoms with Crippen molar-refractivity contribution in [2.24, 2.45) is 0 Å². The van der Waals surface area contributed by atoms with Crippen LogP contribution in [-0.4, -0.2) is 52.5 Å². The van der Waals surface area contributed by atoms with Gasteiger partial charge in [0, 0.05) is 56.7 Å². The number of hydrogen-bond acceptors (Lipinski definition) is 4. The highest BCUT2D eigenvalue weighted by Gasteiger charge is 2.19. The van der Waals surface area contributed by atoms with Crippen molar-refractivity contribution in [3.63, 3.8) is 0 Å². The average molecular weight is 912 g/mol. The van der Waals surface area contributed by atoms with Crippen molar-refractivity contribution in [1.82, 2.24) is 5.32 Å². The van der Waals surface area contributed by atoms with E-state index in [1.54, 1.807) is 12.1 Å². The quantitative estimate of drug-likeness (QED) is 0.179. The lowest BCUT2D eigenvalue weighted by atomic mass is 9.87. The summed E-state index contributed by atoms with van der Waals surface area (Å²) < 4.78 is 56.0. The SMILES string of the molecule is CC(C)(C)c1cc(F)cc(F)c1.CC(C)(C)c1ccc(F)cc1.CC(C)(C)c1cccc(F)c1.CC(C)(C)c1cccc(N2CCNCC2)c1.CC(C)(C)c1cccc(N2CCOCC2)c1. The molecule has 362 valence electrons. The Morgan fingerprint density at radius 1 is 0.364 bits per heavy atom. The molecule has 5 aromatic rings. The van der Waals surface area contributed by atoms with E-state index in [-0.39, 0.29) is 38.7 Å². The molecule has 2 heterocycles. The summed E-state index contributed by atoms with van der Waals surface area (Å²) in [5.41, 5.74) is 8.83. The number of halogens is 4. The number of hydrogen-bond donors (Lipinski definition) is 1. The van der Waals surface area contributed by atoms with Crippen LogP contribution in [0.5, 0.6) is 0 Å². The van der Waals surface area contributed by atoms with Gasteiger partial charge in [-0.15, -0.1) is 0 Å². The molecule has 7 rings (SSSR count). The summed E-state index contributed by atoms with van der Waals surface area (Å²) in [6.07, 6.45) is 0. The number of benzene rings is 5. The third-order valence-electron chi connectivity index (χ3n) is 11.4. The van der Waals surface area contributed by atoms with Crippen LogP contribution in [0.25, 0.3) is 0 Å². The van der Waals surface area contributed by atoms with Gasteiger partial charge in [0.15, 0.2) is 0 Å². The number of nitrogens with zero attached hydrogens (tertiary/aromatic N) is 2. The first kappa shape index (κ1) is 55.7. The summed E-state index contributed by atoms with van der Waals surface area (Å²) in [5.74, 6) is -1.35. The van der Waals surface area contributed by atoms with E-state index in [4.69, 9.17) is 4.74 Å². The molecule has 4 nitrogen and oxygen atoms in total. The van der Waals surface area contributed by atoms with Crippen LogP contribution in [0.15, 0.2) is 115 Å². The van der Waals surface area contributed by atoms with Crippen LogP contribution in [0.3, 0.4) is 0 Å². The molecule has 0 aromatic heterocycles. The van der Waals surface area contributed by atoms with E-state index in [9.17, 15) is 17.6 Å². The molecule has 2 aliphatic heterocycles. The summed E-state index contributed by atoms with van der Waals surface area (Å²) in [4.78, 5) is 4.87. The molecule has 0 radical (unpaired) electrons. The summed E-state index contributed by atoms with van der Waals surface area (Å²) in [7, 11) is 0. The average Bonchev–Trinajstić information content (AvgIpc) is 3.24. The third-order valence-corrected chi connectivity index (χ3v) is 11.4. The monoisotopic (exact) mass is 912 g/mol. The number of nitrogens with one attached hydrogen (secondary N) is 1. The Balaban J connectivity index is 0.000000221. The van der Waals surface area contributed by atoms with Crippen molar-refractivity contribution in [2.45, 2.75) is 131 Å². The van der Waals surface area contributed by atoms with Crippen LogP contribution in [0.4, 0.5) is 28.9 Å². The summed E-state index contributed by atoms with van der Waals surface area (Å²) in [6, 6.07) is 34.9. The normalized spacial score (nSPS) is 14.5. The second-order valence-electron chi connectivity index (χ2n) is 22.4. The van der Waals surface area contributed by atoms with E-state index in [1.807, 2.05) is 39.0 Å². The minimum absolute atomic E-state index is 0.0437. The summed E-state index contributed by atoms with van der Waals surface area (Å²) in [6.45, 7) is 40.0. The summed E-state index contributed by atoms with van der Waals surface area (Å²) in [5, 5.41) is 3.39. The molecule has 0 saturated carbocycles. The Hall–Kier alpha value is -4.66. The molecule has 5 aromatic carbocycles. The van der Waals surface area contributed by atoms with E-state index < -0.39 is 11.6 Å². The molecular formula is C58H81F4N3O. The van der Waals surface area contributed by atoms with Crippen molar-refractivity contribution < 1.29 is 22.3 Å². The van der Waals surface area contributed by atoms with Crippen LogP contribution in [-0.2, 0) is 31.8 Å². The molecule has 66 heavy (non-hydrogen) atoms. The predicted molar refractivity (Wildman–Crippen MR) is 274 cm³/mol. The molecule has 0 bridgehead atoms. The first-order valence-corrected chi connectivity index (χ1v) is 23.5. The molecule has 0 aliphatic carbocycles. The van der Waals surface area contributed by atoms with Gasteiger partial charge in [-0.1, -0.05) is 152 Å². The number of anilines is 2.